The van der Waals surface area contributed by atoms with E-state index in [4.69, 9.17) is 10.3 Å². The lowest BCUT2D eigenvalue weighted by atomic mass is 9.95. The fraction of sp³-hybridized carbons (Fsp3) is 0.400. The van der Waals surface area contributed by atoms with E-state index in [1.165, 1.54) is 22.5 Å². The van der Waals surface area contributed by atoms with E-state index >= 15 is 0 Å². The van der Waals surface area contributed by atoms with Gasteiger partial charge in [-0.15, -0.1) is 0 Å². The van der Waals surface area contributed by atoms with E-state index in [1.54, 1.807) is 13.0 Å². The fourth-order valence-electron chi connectivity index (χ4n) is 2.81. The van der Waals surface area contributed by atoms with Gasteiger partial charge < -0.3 is 10.3 Å². The van der Waals surface area contributed by atoms with Crippen molar-refractivity contribution in [2.75, 3.05) is 18.8 Å². The summed E-state index contributed by atoms with van der Waals surface area (Å²) in [5.74, 6) is -0.0134. The second-order valence-corrected chi connectivity index (χ2v) is 7.68. The molecule has 23 heavy (non-hydrogen) atoms. The number of nitrogen functional groups attached to an aromatic ring is 1. The van der Waals surface area contributed by atoms with Crippen molar-refractivity contribution in [3.8, 4) is 0 Å². The Hall–Kier alpha value is -1.93. The first kappa shape index (κ1) is 15.9. The zero-order valence-corrected chi connectivity index (χ0v) is 13.5. The normalized spacial score (nSPS) is 17.5. The third-order valence-electron chi connectivity index (χ3n) is 4.19. The molecule has 0 atom stereocenters. The van der Waals surface area contributed by atoms with Gasteiger partial charge >= 0.3 is 0 Å². The van der Waals surface area contributed by atoms with Crippen LogP contribution in [-0.4, -0.2) is 31.0 Å². The summed E-state index contributed by atoms with van der Waals surface area (Å²) in [4.78, 5) is 0.125. The van der Waals surface area contributed by atoms with Crippen molar-refractivity contribution in [3.63, 3.8) is 0 Å². The molecule has 124 valence electrons. The summed E-state index contributed by atoms with van der Waals surface area (Å²) in [7, 11) is -3.60. The summed E-state index contributed by atoms with van der Waals surface area (Å²) in [6.07, 6.45) is 1.29. The van der Waals surface area contributed by atoms with Crippen LogP contribution in [0.1, 0.15) is 30.0 Å². The number of anilines is 1. The summed E-state index contributed by atoms with van der Waals surface area (Å²) in [5, 5.41) is 3.90. The van der Waals surface area contributed by atoms with Crippen LogP contribution in [0, 0.1) is 12.7 Å². The molecule has 1 aromatic carbocycles. The third kappa shape index (κ3) is 3.09. The summed E-state index contributed by atoms with van der Waals surface area (Å²) in [5.41, 5.74) is 6.60. The van der Waals surface area contributed by atoms with Crippen molar-refractivity contribution in [2.24, 2.45) is 0 Å². The van der Waals surface area contributed by atoms with Crippen molar-refractivity contribution in [3.05, 3.63) is 41.3 Å². The number of piperidine rings is 1. The van der Waals surface area contributed by atoms with Gasteiger partial charge in [-0.05, 0) is 43.5 Å². The standard InChI is InChI=1S/C15H18FN3O3S/c1-10-8-12(2-3-13(10)16)23(20,21)19-6-4-11(5-7-19)14-9-15(17)22-18-14/h2-3,8-9,11H,4-7,17H2,1H3. The molecule has 3 rings (SSSR count). The van der Waals surface area contributed by atoms with Crippen LogP contribution in [0.4, 0.5) is 10.3 Å². The molecule has 2 aromatic rings. The Bertz CT molecular complexity index is 811. The molecule has 8 heteroatoms. The topological polar surface area (TPSA) is 89.4 Å². The maximum Gasteiger partial charge on any atom is 0.243 e. The Morgan fingerprint density at radius 3 is 2.57 bits per heavy atom. The molecule has 6 nitrogen and oxygen atoms in total. The van der Waals surface area contributed by atoms with Gasteiger partial charge in [-0.25, -0.2) is 12.8 Å². The molecular formula is C15H18FN3O3S. The lowest BCUT2D eigenvalue weighted by Crippen LogP contribution is -2.38. The van der Waals surface area contributed by atoms with E-state index in [0.717, 1.165) is 5.69 Å². The summed E-state index contributed by atoms with van der Waals surface area (Å²) >= 11 is 0. The van der Waals surface area contributed by atoms with E-state index < -0.39 is 15.8 Å². The lowest BCUT2D eigenvalue weighted by Gasteiger charge is -2.30. The molecule has 0 spiro atoms. The molecule has 1 saturated heterocycles. The Labute approximate surface area is 134 Å². The van der Waals surface area contributed by atoms with E-state index in [1.807, 2.05) is 0 Å². The number of aryl methyl sites for hydroxylation is 1. The minimum atomic E-state index is -3.60. The maximum atomic E-state index is 13.3. The van der Waals surface area contributed by atoms with E-state index in [0.29, 0.717) is 31.5 Å². The Kier molecular flexibility index (Phi) is 4.11. The molecule has 2 heterocycles. The summed E-state index contributed by atoms with van der Waals surface area (Å²) in [6, 6.07) is 5.54. The minimum absolute atomic E-state index is 0.125. The Morgan fingerprint density at radius 1 is 1.30 bits per heavy atom. The number of nitrogens with zero attached hydrogens (tertiary/aromatic N) is 2. The summed E-state index contributed by atoms with van der Waals surface area (Å²) < 4.78 is 44.9. The van der Waals surface area contributed by atoms with Gasteiger partial charge in [0.15, 0.2) is 0 Å². The number of benzene rings is 1. The molecule has 0 amide bonds. The molecule has 1 aliphatic heterocycles. The lowest BCUT2D eigenvalue weighted by molar-refractivity contribution is 0.309. The Morgan fingerprint density at radius 2 is 2.00 bits per heavy atom. The van der Waals surface area contributed by atoms with Crippen molar-refractivity contribution >= 4 is 15.9 Å². The SMILES string of the molecule is Cc1cc(S(=O)(=O)N2CCC(c3cc(N)on3)CC2)ccc1F. The summed E-state index contributed by atoms with van der Waals surface area (Å²) in [6.45, 7) is 2.32. The van der Waals surface area contributed by atoms with Crippen LogP contribution in [-0.2, 0) is 10.0 Å². The highest BCUT2D eigenvalue weighted by Crippen LogP contribution is 2.31. The largest absolute Gasteiger partial charge is 0.368 e. The van der Waals surface area contributed by atoms with Crippen molar-refractivity contribution in [2.45, 2.75) is 30.6 Å². The zero-order chi connectivity index (χ0) is 16.6. The monoisotopic (exact) mass is 339 g/mol. The van der Waals surface area contributed by atoms with Gasteiger partial charge in [0, 0.05) is 25.1 Å². The number of aromatic nitrogens is 1. The first-order chi connectivity index (χ1) is 10.9. The molecule has 1 aliphatic rings. The highest BCUT2D eigenvalue weighted by atomic mass is 32.2. The van der Waals surface area contributed by atoms with Gasteiger partial charge in [0.2, 0.25) is 15.9 Å². The van der Waals surface area contributed by atoms with E-state index in [-0.39, 0.29) is 16.7 Å². The van der Waals surface area contributed by atoms with E-state index in [9.17, 15) is 12.8 Å². The highest BCUT2D eigenvalue weighted by molar-refractivity contribution is 7.89. The Balaban J connectivity index is 1.74. The van der Waals surface area contributed by atoms with Crippen LogP contribution >= 0.6 is 0 Å². The van der Waals surface area contributed by atoms with Crippen LogP contribution in [0.25, 0.3) is 0 Å². The number of nitrogens with two attached hydrogens (primary N) is 1. The molecule has 0 aliphatic carbocycles. The molecule has 0 unspecified atom stereocenters. The first-order valence-electron chi connectivity index (χ1n) is 7.36. The van der Waals surface area contributed by atoms with Crippen molar-refractivity contribution < 1.29 is 17.3 Å². The maximum absolute atomic E-state index is 13.3. The van der Waals surface area contributed by atoms with Crippen LogP contribution in [0.2, 0.25) is 0 Å². The first-order valence-corrected chi connectivity index (χ1v) is 8.80. The van der Waals surface area contributed by atoms with Crippen LogP contribution in [0.5, 0.6) is 0 Å². The van der Waals surface area contributed by atoms with Gasteiger partial charge in [0.25, 0.3) is 0 Å². The van der Waals surface area contributed by atoms with Gasteiger partial charge in [-0.1, -0.05) is 5.16 Å². The highest BCUT2D eigenvalue weighted by Gasteiger charge is 2.31. The predicted octanol–water partition coefficient (Wildman–Crippen LogP) is 2.27. The molecular weight excluding hydrogens is 321 g/mol. The smallest absolute Gasteiger partial charge is 0.243 e. The van der Waals surface area contributed by atoms with Crippen molar-refractivity contribution in [1.29, 1.82) is 0 Å². The third-order valence-corrected chi connectivity index (χ3v) is 6.08. The number of rotatable bonds is 3. The quantitative estimate of drug-likeness (QED) is 0.926. The van der Waals surface area contributed by atoms with Crippen molar-refractivity contribution in [1.82, 2.24) is 9.46 Å². The van der Waals surface area contributed by atoms with E-state index in [2.05, 4.69) is 5.16 Å². The predicted molar refractivity (Wildman–Crippen MR) is 82.8 cm³/mol. The molecule has 0 saturated carbocycles. The number of hydrogen-bond donors (Lipinski definition) is 1. The number of halogens is 1. The molecule has 0 bridgehead atoms. The number of sulfonamides is 1. The zero-order valence-electron chi connectivity index (χ0n) is 12.7. The van der Waals surface area contributed by atoms with Gasteiger partial charge in [0.05, 0.1) is 10.6 Å². The molecule has 1 fully saturated rings. The van der Waals surface area contributed by atoms with Crippen LogP contribution < -0.4 is 5.73 Å². The second-order valence-electron chi connectivity index (χ2n) is 5.74. The second kappa shape index (κ2) is 5.93. The van der Waals surface area contributed by atoms with Gasteiger partial charge in [-0.3, -0.25) is 0 Å². The minimum Gasteiger partial charge on any atom is -0.368 e. The van der Waals surface area contributed by atoms with Gasteiger partial charge in [0.1, 0.15) is 5.82 Å². The van der Waals surface area contributed by atoms with Crippen LogP contribution in [0.3, 0.4) is 0 Å². The molecule has 0 radical (unpaired) electrons. The average molecular weight is 339 g/mol. The fourth-order valence-corrected chi connectivity index (χ4v) is 4.37. The van der Waals surface area contributed by atoms with Gasteiger partial charge in [-0.2, -0.15) is 4.31 Å². The molecule has 2 N–H and O–H groups in total. The molecule has 1 aromatic heterocycles. The van der Waals surface area contributed by atoms with Crippen LogP contribution in [0.15, 0.2) is 33.7 Å². The number of hydrogen-bond acceptors (Lipinski definition) is 5. The average Bonchev–Trinajstić information content (AvgIpc) is 2.96.